The van der Waals surface area contributed by atoms with Gasteiger partial charge in [0.15, 0.2) is 11.5 Å². The Morgan fingerprint density at radius 3 is 2.50 bits per heavy atom. The van der Waals surface area contributed by atoms with E-state index in [4.69, 9.17) is 9.47 Å². The second-order valence-electron chi connectivity index (χ2n) is 7.26. The van der Waals surface area contributed by atoms with Crippen LogP contribution in [0.1, 0.15) is 32.3 Å². The first-order chi connectivity index (χ1) is 11.6. The molecule has 2 rings (SSSR count). The number of hydrogen-bond donors (Lipinski definition) is 0. The van der Waals surface area contributed by atoms with Crippen LogP contribution in [0.2, 0.25) is 0 Å². The van der Waals surface area contributed by atoms with Crippen molar-refractivity contribution in [3.63, 3.8) is 0 Å². The lowest BCUT2D eigenvalue weighted by Gasteiger charge is -2.32. The molecule has 1 saturated heterocycles. The minimum atomic E-state index is 0.657. The van der Waals surface area contributed by atoms with E-state index in [0.29, 0.717) is 5.92 Å². The Balaban J connectivity index is 1.78. The van der Waals surface area contributed by atoms with Gasteiger partial charge in [0.05, 0.1) is 13.7 Å². The summed E-state index contributed by atoms with van der Waals surface area (Å²) in [6.45, 7) is 11.1. The van der Waals surface area contributed by atoms with Crippen LogP contribution in [0.25, 0.3) is 0 Å². The van der Waals surface area contributed by atoms with Gasteiger partial charge >= 0.3 is 0 Å². The first-order valence-electron chi connectivity index (χ1n) is 9.29. The molecule has 0 N–H and O–H groups in total. The minimum Gasteiger partial charge on any atom is -0.493 e. The second kappa shape index (κ2) is 9.90. The van der Waals surface area contributed by atoms with E-state index in [9.17, 15) is 0 Å². The summed E-state index contributed by atoms with van der Waals surface area (Å²) in [5.74, 6) is 2.38. The monoisotopic (exact) mass is 334 g/mol. The molecule has 4 nitrogen and oxygen atoms in total. The number of hydrogen-bond acceptors (Lipinski definition) is 4. The van der Waals surface area contributed by atoms with Crippen molar-refractivity contribution in [1.82, 2.24) is 9.80 Å². The molecule has 0 atom stereocenters. The summed E-state index contributed by atoms with van der Waals surface area (Å²) in [6.07, 6.45) is 3.35. The van der Waals surface area contributed by atoms with Gasteiger partial charge in [-0.3, -0.25) is 0 Å². The third kappa shape index (κ3) is 6.33. The van der Waals surface area contributed by atoms with Gasteiger partial charge in [0.25, 0.3) is 0 Å². The van der Waals surface area contributed by atoms with Crippen molar-refractivity contribution >= 4 is 0 Å². The van der Waals surface area contributed by atoms with E-state index < -0.39 is 0 Å². The van der Waals surface area contributed by atoms with Crippen LogP contribution in [0.4, 0.5) is 0 Å². The number of ether oxygens (including phenoxy) is 2. The number of benzene rings is 1. The van der Waals surface area contributed by atoms with Gasteiger partial charge in [-0.2, -0.15) is 0 Å². The van der Waals surface area contributed by atoms with E-state index in [1.54, 1.807) is 7.11 Å². The van der Waals surface area contributed by atoms with Gasteiger partial charge in [0.2, 0.25) is 0 Å². The first-order valence-corrected chi connectivity index (χ1v) is 9.29. The highest BCUT2D eigenvalue weighted by Crippen LogP contribution is 2.29. The lowest BCUT2D eigenvalue weighted by atomic mass is 10.1. The molecule has 24 heavy (non-hydrogen) atoms. The van der Waals surface area contributed by atoms with Gasteiger partial charge in [0.1, 0.15) is 0 Å². The molecule has 1 heterocycles. The van der Waals surface area contributed by atoms with Crippen molar-refractivity contribution in [2.75, 3.05) is 53.5 Å². The van der Waals surface area contributed by atoms with Gasteiger partial charge < -0.3 is 19.3 Å². The third-order valence-corrected chi connectivity index (χ3v) is 4.72. The molecule has 0 aromatic heterocycles. The number of aryl methyl sites for hydroxylation is 1. The van der Waals surface area contributed by atoms with Crippen molar-refractivity contribution in [3.05, 3.63) is 23.8 Å². The normalized spacial score (nSPS) is 16.5. The van der Waals surface area contributed by atoms with Crippen molar-refractivity contribution in [1.29, 1.82) is 0 Å². The zero-order chi connectivity index (χ0) is 17.4. The maximum Gasteiger partial charge on any atom is 0.161 e. The summed E-state index contributed by atoms with van der Waals surface area (Å²) >= 11 is 0. The highest BCUT2D eigenvalue weighted by molar-refractivity contribution is 5.43. The van der Waals surface area contributed by atoms with Gasteiger partial charge in [0, 0.05) is 26.2 Å². The summed E-state index contributed by atoms with van der Waals surface area (Å²) in [5, 5.41) is 0. The number of methoxy groups -OCH3 is 1. The maximum absolute atomic E-state index is 5.87. The maximum atomic E-state index is 5.87. The summed E-state index contributed by atoms with van der Waals surface area (Å²) < 4.78 is 11.4. The highest BCUT2D eigenvalue weighted by Gasteiger charge is 2.13. The Hall–Kier alpha value is -1.26. The molecule has 136 valence electrons. The molecule has 0 unspecified atom stereocenters. The van der Waals surface area contributed by atoms with Crippen LogP contribution in [0.5, 0.6) is 11.5 Å². The molecule has 0 bridgehead atoms. The largest absolute Gasteiger partial charge is 0.493 e. The summed E-state index contributed by atoms with van der Waals surface area (Å²) in [4.78, 5) is 4.97. The molecule has 1 aliphatic rings. The van der Waals surface area contributed by atoms with Crippen LogP contribution < -0.4 is 9.47 Å². The molecule has 0 saturated carbocycles. The fourth-order valence-electron chi connectivity index (χ4n) is 2.97. The molecule has 4 heteroatoms. The Kier molecular flexibility index (Phi) is 7.86. The van der Waals surface area contributed by atoms with E-state index in [0.717, 1.165) is 30.9 Å². The van der Waals surface area contributed by atoms with E-state index in [1.807, 2.05) is 0 Å². The summed E-state index contributed by atoms with van der Waals surface area (Å²) in [6, 6.07) is 6.37. The SMILES string of the molecule is COc1cc(CCCN2CCN(C)CC2)ccc1OCCC(C)C. The predicted molar refractivity (Wildman–Crippen MR) is 100 cm³/mol. The Morgan fingerprint density at radius 2 is 1.83 bits per heavy atom. The van der Waals surface area contributed by atoms with Crippen molar-refractivity contribution < 1.29 is 9.47 Å². The zero-order valence-corrected chi connectivity index (χ0v) is 15.9. The van der Waals surface area contributed by atoms with Gasteiger partial charge in [-0.05, 0) is 56.5 Å². The van der Waals surface area contributed by atoms with Crippen LogP contribution in [-0.2, 0) is 6.42 Å². The van der Waals surface area contributed by atoms with Crippen molar-refractivity contribution in [2.24, 2.45) is 5.92 Å². The van der Waals surface area contributed by atoms with Crippen LogP contribution in [-0.4, -0.2) is 63.3 Å². The second-order valence-corrected chi connectivity index (χ2v) is 7.26. The van der Waals surface area contributed by atoms with Crippen molar-refractivity contribution in [3.8, 4) is 11.5 Å². The van der Waals surface area contributed by atoms with Crippen LogP contribution >= 0.6 is 0 Å². The Morgan fingerprint density at radius 1 is 1.08 bits per heavy atom. The van der Waals surface area contributed by atoms with E-state index >= 15 is 0 Å². The topological polar surface area (TPSA) is 24.9 Å². The van der Waals surface area contributed by atoms with Gasteiger partial charge in [-0.15, -0.1) is 0 Å². The van der Waals surface area contributed by atoms with E-state index in [-0.39, 0.29) is 0 Å². The molecule has 1 fully saturated rings. The van der Waals surface area contributed by atoms with Crippen molar-refractivity contribution in [2.45, 2.75) is 33.1 Å². The molecule has 1 aliphatic heterocycles. The first kappa shape index (κ1) is 19.1. The standard InChI is InChI=1S/C20H34N2O2/c1-17(2)9-15-24-19-8-7-18(16-20(19)23-4)6-5-10-22-13-11-21(3)12-14-22/h7-8,16-17H,5-6,9-15H2,1-4H3. The number of likely N-dealkylation sites (N-methyl/N-ethyl adjacent to an activating group) is 1. The zero-order valence-electron chi connectivity index (χ0n) is 15.9. The fourth-order valence-corrected chi connectivity index (χ4v) is 2.97. The smallest absolute Gasteiger partial charge is 0.161 e. The number of piperazine rings is 1. The van der Waals surface area contributed by atoms with Crippen LogP contribution in [0, 0.1) is 5.92 Å². The quantitative estimate of drug-likeness (QED) is 0.692. The molecular weight excluding hydrogens is 300 g/mol. The highest BCUT2D eigenvalue weighted by atomic mass is 16.5. The van der Waals surface area contributed by atoms with Crippen LogP contribution in [0.15, 0.2) is 18.2 Å². The lowest BCUT2D eigenvalue weighted by Crippen LogP contribution is -2.44. The Bertz CT molecular complexity index is 483. The van der Waals surface area contributed by atoms with E-state index in [1.165, 1.54) is 44.7 Å². The number of nitrogens with zero attached hydrogens (tertiary/aromatic N) is 2. The fraction of sp³-hybridized carbons (Fsp3) is 0.700. The average Bonchev–Trinajstić information content (AvgIpc) is 2.57. The molecule has 0 spiro atoms. The van der Waals surface area contributed by atoms with Gasteiger partial charge in [-0.25, -0.2) is 0 Å². The van der Waals surface area contributed by atoms with Gasteiger partial charge in [-0.1, -0.05) is 19.9 Å². The van der Waals surface area contributed by atoms with E-state index in [2.05, 4.69) is 48.9 Å². The van der Waals surface area contributed by atoms with Crippen LogP contribution in [0.3, 0.4) is 0 Å². The summed E-state index contributed by atoms with van der Waals surface area (Å²) in [5.41, 5.74) is 1.33. The molecular formula is C20H34N2O2. The molecule has 1 aromatic carbocycles. The summed E-state index contributed by atoms with van der Waals surface area (Å²) in [7, 11) is 3.92. The third-order valence-electron chi connectivity index (χ3n) is 4.72. The molecule has 0 radical (unpaired) electrons. The molecule has 1 aromatic rings. The minimum absolute atomic E-state index is 0.657. The predicted octanol–water partition coefficient (Wildman–Crippen LogP) is 3.30. The number of rotatable bonds is 9. The molecule has 0 amide bonds. The average molecular weight is 335 g/mol. The Labute approximate surface area is 147 Å². The molecule has 0 aliphatic carbocycles. The lowest BCUT2D eigenvalue weighted by molar-refractivity contribution is 0.153.